The number of esters is 1. The second kappa shape index (κ2) is 7.80. The molecule has 0 heterocycles. The molecule has 1 N–H and O–H groups in total. The molecular weight excluding hydrogens is 180 g/mol. The fourth-order valence-corrected chi connectivity index (χ4v) is 1.14. The molecule has 0 rings (SSSR count). The Balaban J connectivity index is 3.61. The third kappa shape index (κ3) is 5.97. The summed E-state index contributed by atoms with van der Waals surface area (Å²) in [6, 6.07) is 0. The Morgan fingerprint density at radius 2 is 2.00 bits per heavy atom. The number of hydrogen-bond donors (Lipinski definition) is 1. The quantitative estimate of drug-likeness (QED) is 0.642. The van der Waals surface area contributed by atoms with Crippen molar-refractivity contribution in [2.45, 2.75) is 40.0 Å². The minimum Gasteiger partial charge on any atom is -0.463 e. The third-order valence-electron chi connectivity index (χ3n) is 2.53. The van der Waals surface area contributed by atoms with E-state index in [0.29, 0.717) is 5.92 Å². The second-order valence-electron chi connectivity index (χ2n) is 3.88. The second-order valence-corrected chi connectivity index (χ2v) is 3.88. The van der Waals surface area contributed by atoms with E-state index in [4.69, 9.17) is 9.84 Å². The first-order valence-corrected chi connectivity index (χ1v) is 5.39. The first-order valence-electron chi connectivity index (χ1n) is 5.39. The van der Waals surface area contributed by atoms with Crippen LogP contribution in [0, 0.1) is 11.8 Å². The van der Waals surface area contributed by atoms with Gasteiger partial charge in [0.25, 0.3) is 0 Å². The molecule has 14 heavy (non-hydrogen) atoms. The number of aliphatic hydroxyl groups excluding tert-OH is 1. The fraction of sp³-hybridized carbons (Fsp3) is 0.909. The minimum absolute atomic E-state index is 0.0458. The molecule has 0 fully saturated rings. The monoisotopic (exact) mass is 202 g/mol. The summed E-state index contributed by atoms with van der Waals surface area (Å²) in [7, 11) is 0. The van der Waals surface area contributed by atoms with E-state index >= 15 is 0 Å². The van der Waals surface area contributed by atoms with Crippen molar-refractivity contribution in [3.05, 3.63) is 0 Å². The van der Waals surface area contributed by atoms with Crippen molar-refractivity contribution in [3.8, 4) is 0 Å². The SMILES string of the molecule is CCC(C)CCC(C)C(=O)OCCO. The highest BCUT2D eigenvalue weighted by molar-refractivity contribution is 5.71. The van der Waals surface area contributed by atoms with Crippen LogP contribution >= 0.6 is 0 Å². The summed E-state index contributed by atoms with van der Waals surface area (Å²) >= 11 is 0. The van der Waals surface area contributed by atoms with Gasteiger partial charge in [-0.3, -0.25) is 4.79 Å². The number of carbonyl (C=O) groups excluding carboxylic acids is 1. The van der Waals surface area contributed by atoms with E-state index in [1.165, 1.54) is 0 Å². The lowest BCUT2D eigenvalue weighted by molar-refractivity contribution is -0.149. The van der Waals surface area contributed by atoms with Crippen LogP contribution < -0.4 is 0 Å². The highest BCUT2D eigenvalue weighted by Gasteiger charge is 2.14. The predicted molar refractivity (Wildman–Crippen MR) is 55.9 cm³/mol. The Kier molecular flexibility index (Phi) is 7.48. The zero-order valence-corrected chi connectivity index (χ0v) is 9.45. The smallest absolute Gasteiger partial charge is 0.308 e. The van der Waals surface area contributed by atoms with E-state index in [1.807, 2.05) is 6.92 Å². The molecule has 0 aliphatic carbocycles. The lowest BCUT2D eigenvalue weighted by atomic mass is 9.96. The van der Waals surface area contributed by atoms with Gasteiger partial charge in [0.05, 0.1) is 12.5 Å². The van der Waals surface area contributed by atoms with Crippen LogP contribution in [0.5, 0.6) is 0 Å². The van der Waals surface area contributed by atoms with Gasteiger partial charge in [-0.1, -0.05) is 27.2 Å². The van der Waals surface area contributed by atoms with E-state index < -0.39 is 0 Å². The molecule has 0 bridgehead atoms. The molecule has 0 aromatic rings. The van der Waals surface area contributed by atoms with Crippen LogP contribution in [0.1, 0.15) is 40.0 Å². The van der Waals surface area contributed by atoms with Gasteiger partial charge in [-0.2, -0.15) is 0 Å². The van der Waals surface area contributed by atoms with Gasteiger partial charge < -0.3 is 9.84 Å². The number of carbonyl (C=O) groups is 1. The van der Waals surface area contributed by atoms with E-state index in [2.05, 4.69) is 13.8 Å². The van der Waals surface area contributed by atoms with E-state index in [9.17, 15) is 4.79 Å². The van der Waals surface area contributed by atoms with Crippen molar-refractivity contribution in [1.29, 1.82) is 0 Å². The van der Waals surface area contributed by atoms with E-state index in [-0.39, 0.29) is 25.1 Å². The Morgan fingerprint density at radius 1 is 1.36 bits per heavy atom. The average Bonchev–Trinajstić information content (AvgIpc) is 2.21. The minimum atomic E-state index is -0.192. The number of ether oxygens (including phenoxy) is 1. The molecule has 0 aliphatic rings. The van der Waals surface area contributed by atoms with Gasteiger partial charge >= 0.3 is 5.97 Å². The van der Waals surface area contributed by atoms with Crippen molar-refractivity contribution in [1.82, 2.24) is 0 Å². The summed E-state index contributed by atoms with van der Waals surface area (Å²) in [6.45, 7) is 6.24. The molecule has 2 unspecified atom stereocenters. The van der Waals surface area contributed by atoms with Gasteiger partial charge in [-0.15, -0.1) is 0 Å². The Labute approximate surface area is 86.5 Å². The lowest BCUT2D eigenvalue weighted by Gasteiger charge is -2.13. The van der Waals surface area contributed by atoms with E-state index in [0.717, 1.165) is 19.3 Å². The first kappa shape index (κ1) is 13.4. The summed E-state index contributed by atoms with van der Waals surface area (Å²) in [5, 5.41) is 8.48. The van der Waals surface area contributed by atoms with Crippen LogP contribution in [0.4, 0.5) is 0 Å². The molecule has 0 aromatic carbocycles. The summed E-state index contributed by atoms with van der Waals surface area (Å²) in [5.41, 5.74) is 0. The van der Waals surface area contributed by atoms with Gasteiger partial charge in [-0.05, 0) is 18.8 Å². The van der Waals surface area contributed by atoms with Crippen molar-refractivity contribution in [3.63, 3.8) is 0 Å². The highest BCUT2D eigenvalue weighted by atomic mass is 16.5. The molecule has 0 amide bonds. The molecule has 0 radical (unpaired) electrons. The van der Waals surface area contributed by atoms with Crippen LogP contribution in [-0.4, -0.2) is 24.3 Å². The van der Waals surface area contributed by atoms with Crippen molar-refractivity contribution in [2.75, 3.05) is 13.2 Å². The van der Waals surface area contributed by atoms with Crippen molar-refractivity contribution >= 4 is 5.97 Å². The fourth-order valence-electron chi connectivity index (χ4n) is 1.14. The molecular formula is C11H22O3. The Hall–Kier alpha value is -0.570. The van der Waals surface area contributed by atoms with Gasteiger partial charge in [0.15, 0.2) is 0 Å². The Bertz CT molecular complexity index is 157. The summed E-state index contributed by atoms with van der Waals surface area (Å²) in [4.78, 5) is 11.3. The normalized spacial score (nSPS) is 14.9. The average molecular weight is 202 g/mol. The standard InChI is InChI=1S/C11H22O3/c1-4-9(2)5-6-10(3)11(13)14-8-7-12/h9-10,12H,4-8H2,1-3H3. The van der Waals surface area contributed by atoms with Crippen LogP contribution in [-0.2, 0) is 9.53 Å². The molecule has 0 saturated heterocycles. The zero-order chi connectivity index (χ0) is 11.0. The summed E-state index contributed by atoms with van der Waals surface area (Å²) in [5.74, 6) is 0.431. The highest BCUT2D eigenvalue weighted by Crippen LogP contribution is 2.15. The molecule has 2 atom stereocenters. The molecule has 84 valence electrons. The molecule has 0 aromatic heterocycles. The largest absolute Gasteiger partial charge is 0.463 e. The van der Waals surface area contributed by atoms with Crippen molar-refractivity contribution < 1.29 is 14.6 Å². The van der Waals surface area contributed by atoms with E-state index in [1.54, 1.807) is 0 Å². The maximum Gasteiger partial charge on any atom is 0.308 e. The zero-order valence-electron chi connectivity index (χ0n) is 9.45. The third-order valence-corrected chi connectivity index (χ3v) is 2.53. The van der Waals surface area contributed by atoms with Gasteiger partial charge in [0.2, 0.25) is 0 Å². The molecule has 3 nitrogen and oxygen atoms in total. The van der Waals surface area contributed by atoms with Crippen molar-refractivity contribution in [2.24, 2.45) is 11.8 Å². The van der Waals surface area contributed by atoms with Gasteiger partial charge in [-0.25, -0.2) is 0 Å². The number of aliphatic hydroxyl groups is 1. The Morgan fingerprint density at radius 3 is 2.50 bits per heavy atom. The molecule has 0 aliphatic heterocycles. The molecule has 0 saturated carbocycles. The van der Waals surface area contributed by atoms with Gasteiger partial charge in [0.1, 0.15) is 6.61 Å². The maximum atomic E-state index is 11.3. The lowest BCUT2D eigenvalue weighted by Crippen LogP contribution is -2.17. The molecule has 3 heteroatoms. The van der Waals surface area contributed by atoms with Crippen LogP contribution in [0.25, 0.3) is 0 Å². The number of hydrogen-bond acceptors (Lipinski definition) is 3. The van der Waals surface area contributed by atoms with Crippen LogP contribution in [0.15, 0.2) is 0 Å². The van der Waals surface area contributed by atoms with Crippen LogP contribution in [0.2, 0.25) is 0 Å². The van der Waals surface area contributed by atoms with Gasteiger partial charge in [0, 0.05) is 0 Å². The molecule has 0 spiro atoms. The predicted octanol–water partition coefficient (Wildman–Crippen LogP) is 1.98. The summed E-state index contributed by atoms with van der Waals surface area (Å²) in [6.07, 6.45) is 3.09. The summed E-state index contributed by atoms with van der Waals surface area (Å²) < 4.78 is 4.83. The number of rotatable bonds is 7. The van der Waals surface area contributed by atoms with Crippen LogP contribution in [0.3, 0.4) is 0 Å². The first-order chi connectivity index (χ1) is 6.61. The topological polar surface area (TPSA) is 46.5 Å². The maximum absolute atomic E-state index is 11.3.